The first-order valence-electron chi connectivity index (χ1n) is 8.20. The molecule has 0 saturated heterocycles. The highest BCUT2D eigenvalue weighted by molar-refractivity contribution is 6.31. The summed E-state index contributed by atoms with van der Waals surface area (Å²) in [5.41, 5.74) is 4.59. The Morgan fingerprint density at radius 2 is 2.00 bits per heavy atom. The second-order valence-electron chi connectivity index (χ2n) is 5.86. The zero-order valence-corrected chi connectivity index (χ0v) is 15.0. The molecule has 0 aliphatic carbocycles. The lowest BCUT2D eigenvalue weighted by molar-refractivity contribution is -0.111. The van der Waals surface area contributed by atoms with E-state index in [2.05, 4.69) is 17.2 Å². The van der Waals surface area contributed by atoms with Crippen molar-refractivity contribution in [1.82, 2.24) is 4.98 Å². The summed E-state index contributed by atoms with van der Waals surface area (Å²) in [4.78, 5) is 16.8. The number of benzene rings is 2. The first kappa shape index (κ1) is 17.2. The number of halogens is 1. The molecule has 0 aliphatic rings. The van der Waals surface area contributed by atoms with Crippen LogP contribution in [0.4, 0.5) is 5.69 Å². The Morgan fingerprint density at radius 3 is 2.80 bits per heavy atom. The number of carbonyl (C=O) groups excluding carboxylic acids is 1. The summed E-state index contributed by atoms with van der Waals surface area (Å²) in [5, 5.41) is 4.63. The molecule has 1 aromatic heterocycles. The van der Waals surface area contributed by atoms with Gasteiger partial charge in [-0.3, -0.25) is 4.79 Å². The molecular formula is C21H19ClN2O. The smallest absolute Gasteiger partial charge is 0.248 e. The molecule has 0 fully saturated rings. The Bertz CT molecular complexity index is 963. The maximum absolute atomic E-state index is 12.3. The van der Waals surface area contributed by atoms with Crippen LogP contribution in [0.15, 0.2) is 54.6 Å². The van der Waals surface area contributed by atoms with Gasteiger partial charge in [-0.1, -0.05) is 48.9 Å². The maximum Gasteiger partial charge on any atom is 0.248 e. The number of carbonyl (C=O) groups is 1. The predicted molar refractivity (Wildman–Crippen MR) is 105 cm³/mol. The zero-order chi connectivity index (χ0) is 17.8. The molecule has 0 bridgehead atoms. The number of para-hydroxylation sites is 1. The molecule has 4 heteroatoms. The van der Waals surface area contributed by atoms with Gasteiger partial charge in [-0.05, 0) is 48.7 Å². The fourth-order valence-electron chi connectivity index (χ4n) is 2.73. The van der Waals surface area contributed by atoms with Gasteiger partial charge in [-0.2, -0.15) is 0 Å². The standard InChI is InChI=1S/C21H19ClN2O/c1-3-15-6-4-5-14(2)21(15)24-20(25)12-11-18-10-8-16-7-9-17(22)13-19(16)23-18/h4-13H,3H2,1-2H3,(H,24,25). The number of hydrogen-bond acceptors (Lipinski definition) is 2. The number of fused-ring (bicyclic) bond motifs is 1. The van der Waals surface area contributed by atoms with Gasteiger partial charge in [0.2, 0.25) is 5.91 Å². The number of amides is 1. The van der Waals surface area contributed by atoms with E-state index in [1.54, 1.807) is 6.08 Å². The molecule has 3 nitrogen and oxygen atoms in total. The third kappa shape index (κ3) is 4.06. The van der Waals surface area contributed by atoms with E-state index in [1.165, 1.54) is 6.08 Å². The summed E-state index contributed by atoms with van der Waals surface area (Å²) in [7, 11) is 0. The number of aryl methyl sites for hydroxylation is 2. The fraction of sp³-hybridized carbons (Fsp3) is 0.143. The van der Waals surface area contributed by atoms with Gasteiger partial charge in [0.05, 0.1) is 11.2 Å². The third-order valence-electron chi connectivity index (χ3n) is 4.07. The molecule has 0 saturated carbocycles. The van der Waals surface area contributed by atoms with Crippen molar-refractivity contribution in [3.8, 4) is 0 Å². The van der Waals surface area contributed by atoms with Crippen molar-refractivity contribution < 1.29 is 4.79 Å². The number of rotatable bonds is 4. The van der Waals surface area contributed by atoms with Gasteiger partial charge in [0.15, 0.2) is 0 Å². The number of hydrogen-bond donors (Lipinski definition) is 1. The summed E-state index contributed by atoms with van der Waals surface area (Å²) in [5.74, 6) is -0.169. The summed E-state index contributed by atoms with van der Waals surface area (Å²) in [6.07, 6.45) is 4.08. The van der Waals surface area contributed by atoms with Crippen molar-refractivity contribution in [2.75, 3.05) is 5.32 Å². The summed E-state index contributed by atoms with van der Waals surface area (Å²) >= 11 is 6.01. The highest BCUT2D eigenvalue weighted by atomic mass is 35.5. The molecule has 1 heterocycles. The van der Waals surface area contributed by atoms with Crippen molar-refractivity contribution in [2.45, 2.75) is 20.3 Å². The van der Waals surface area contributed by atoms with Crippen LogP contribution in [-0.2, 0) is 11.2 Å². The average molecular weight is 351 g/mol. The summed E-state index contributed by atoms with van der Waals surface area (Å²) in [6, 6.07) is 15.4. The molecule has 2 aromatic carbocycles. The topological polar surface area (TPSA) is 42.0 Å². The van der Waals surface area contributed by atoms with E-state index in [-0.39, 0.29) is 5.91 Å². The van der Waals surface area contributed by atoms with E-state index in [9.17, 15) is 4.79 Å². The van der Waals surface area contributed by atoms with Crippen LogP contribution < -0.4 is 5.32 Å². The van der Waals surface area contributed by atoms with E-state index < -0.39 is 0 Å². The van der Waals surface area contributed by atoms with Gasteiger partial charge in [0, 0.05) is 22.2 Å². The van der Waals surface area contributed by atoms with Crippen LogP contribution in [0.25, 0.3) is 17.0 Å². The first-order valence-corrected chi connectivity index (χ1v) is 8.58. The average Bonchev–Trinajstić information content (AvgIpc) is 2.61. The molecule has 1 N–H and O–H groups in total. The second kappa shape index (κ2) is 7.49. The molecule has 0 spiro atoms. The Kier molecular flexibility index (Phi) is 5.15. The van der Waals surface area contributed by atoms with Crippen molar-refractivity contribution in [3.05, 3.63) is 76.5 Å². The number of aromatic nitrogens is 1. The molecule has 0 radical (unpaired) electrons. The van der Waals surface area contributed by atoms with Gasteiger partial charge in [-0.25, -0.2) is 4.98 Å². The predicted octanol–water partition coefficient (Wildman–Crippen LogP) is 5.41. The molecule has 1 amide bonds. The zero-order valence-electron chi connectivity index (χ0n) is 14.2. The van der Waals surface area contributed by atoms with E-state index in [0.717, 1.165) is 34.1 Å². The van der Waals surface area contributed by atoms with Gasteiger partial charge >= 0.3 is 0 Å². The fourth-order valence-corrected chi connectivity index (χ4v) is 2.89. The number of nitrogens with zero attached hydrogens (tertiary/aromatic N) is 1. The maximum atomic E-state index is 12.3. The van der Waals surface area contributed by atoms with Crippen molar-refractivity contribution >= 4 is 40.2 Å². The molecule has 126 valence electrons. The van der Waals surface area contributed by atoms with Gasteiger partial charge in [0.25, 0.3) is 0 Å². The van der Waals surface area contributed by atoms with Gasteiger partial charge < -0.3 is 5.32 Å². The van der Waals surface area contributed by atoms with Crippen LogP contribution in [0, 0.1) is 6.92 Å². The minimum absolute atomic E-state index is 0.169. The van der Waals surface area contributed by atoms with E-state index in [4.69, 9.17) is 11.6 Å². The highest BCUT2D eigenvalue weighted by Crippen LogP contribution is 2.21. The molecule has 25 heavy (non-hydrogen) atoms. The molecule has 3 aromatic rings. The van der Waals surface area contributed by atoms with Crippen molar-refractivity contribution in [3.63, 3.8) is 0 Å². The minimum Gasteiger partial charge on any atom is -0.322 e. The van der Waals surface area contributed by atoms with Crippen LogP contribution in [0.2, 0.25) is 5.02 Å². The molecule has 3 rings (SSSR count). The normalized spacial score (nSPS) is 11.2. The first-order chi connectivity index (χ1) is 12.1. The van der Waals surface area contributed by atoms with E-state index >= 15 is 0 Å². The highest BCUT2D eigenvalue weighted by Gasteiger charge is 2.06. The number of pyridine rings is 1. The monoisotopic (exact) mass is 350 g/mol. The molecule has 0 aliphatic heterocycles. The van der Waals surface area contributed by atoms with Crippen LogP contribution in [0.1, 0.15) is 23.7 Å². The van der Waals surface area contributed by atoms with Crippen molar-refractivity contribution in [2.24, 2.45) is 0 Å². The summed E-state index contributed by atoms with van der Waals surface area (Å²) < 4.78 is 0. The lowest BCUT2D eigenvalue weighted by Crippen LogP contribution is -2.11. The summed E-state index contributed by atoms with van der Waals surface area (Å²) in [6.45, 7) is 4.07. The molecular weight excluding hydrogens is 332 g/mol. The van der Waals surface area contributed by atoms with Crippen LogP contribution in [0.5, 0.6) is 0 Å². The van der Waals surface area contributed by atoms with Crippen LogP contribution >= 0.6 is 11.6 Å². The van der Waals surface area contributed by atoms with Gasteiger partial charge in [0.1, 0.15) is 0 Å². The molecule has 0 unspecified atom stereocenters. The second-order valence-corrected chi connectivity index (χ2v) is 6.29. The van der Waals surface area contributed by atoms with Gasteiger partial charge in [-0.15, -0.1) is 0 Å². The van der Waals surface area contributed by atoms with Crippen LogP contribution in [0.3, 0.4) is 0 Å². The Morgan fingerprint density at radius 1 is 1.20 bits per heavy atom. The lowest BCUT2D eigenvalue weighted by atomic mass is 10.1. The lowest BCUT2D eigenvalue weighted by Gasteiger charge is -2.11. The largest absolute Gasteiger partial charge is 0.322 e. The van der Waals surface area contributed by atoms with E-state index in [0.29, 0.717) is 10.7 Å². The van der Waals surface area contributed by atoms with E-state index in [1.807, 2.05) is 55.5 Å². The molecule has 0 atom stereocenters. The van der Waals surface area contributed by atoms with Crippen molar-refractivity contribution in [1.29, 1.82) is 0 Å². The number of anilines is 1. The Hall–Kier alpha value is -2.65. The quantitative estimate of drug-likeness (QED) is 0.639. The SMILES string of the molecule is CCc1cccc(C)c1NC(=O)C=Cc1ccc2ccc(Cl)cc2n1. The number of nitrogens with one attached hydrogen (secondary N) is 1. The Balaban J connectivity index is 1.79. The third-order valence-corrected chi connectivity index (χ3v) is 4.30. The van der Waals surface area contributed by atoms with Crippen LogP contribution in [-0.4, -0.2) is 10.9 Å². The Labute approximate surface area is 152 Å². The minimum atomic E-state index is -0.169.